The fraction of sp³-hybridized carbons (Fsp3) is 0.385. The van der Waals surface area contributed by atoms with Crippen LogP contribution in [0.5, 0.6) is 0 Å². The highest BCUT2D eigenvalue weighted by Crippen LogP contribution is 2.31. The van der Waals surface area contributed by atoms with Crippen molar-refractivity contribution < 1.29 is 14.3 Å². The molecule has 1 unspecified atom stereocenters. The Morgan fingerprint density at radius 2 is 2.06 bits per heavy atom. The molecule has 3 heterocycles. The lowest BCUT2D eigenvalue weighted by molar-refractivity contribution is 0.00291. The summed E-state index contributed by atoms with van der Waals surface area (Å²) in [5, 5.41) is 13.8. The van der Waals surface area contributed by atoms with Crippen LogP contribution in [-0.2, 0) is 17.9 Å². The maximum atomic E-state index is 13.0. The fourth-order valence-electron chi connectivity index (χ4n) is 3.84. The summed E-state index contributed by atoms with van der Waals surface area (Å²) in [5.74, 6) is 1.82. The third-order valence-electron chi connectivity index (χ3n) is 5.65. The number of ether oxygens (including phenoxy) is 1. The van der Waals surface area contributed by atoms with E-state index in [-0.39, 0.29) is 12.2 Å². The number of aliphatic hydroxyl groups is 1. The van der Waals surface area contributed by atoms with E-state index >= 15 is 0 Å². The molecule has 4 rings (SSSR count). The van der Waals surface area contributed by atoms with Gasteiger partial charge in [0.1, 0.15) is 23.0 Å². The lowest BCUT2D eigenvalue weighted by atomic mass is 10.1. The van der Waals surface area contributed by atoms with Crippen LogP contribution in [0, 0.1) is 5.92 Å². The van der Waals surface area contributed by atoms with Crippen LogP contribution < -0.4 is 5.56 Å². The second kappa shape index (κ2) is 12.0. The van der Waals surface area contributed by atoms with E-state index in [2.05, 4.69) is 23.7 Å². The first-order valence-corrected chi connectivity index (χ1v) is 12.9. The molecular formula is C26H30ClN3O4S. The van der Waals surface area contributed by atoms with Crippen molar-refractivity contribution >= 4 is 33.2 Å². The van der Waals surface area contributed by atoms with Gasteiger partial charge >= 0.3 is 0 Å². The Labute approximate surface area is 213 Å². The molecular weight excluding hydrogens is 486 g/mol. The van der Waals surface area contributed by atoms with Crippen molar-refractivity contribution in [3.05, 3.63) is 75.0 Å². The average molecular weight is 516 g/mol. The number of H-pyrrole nitrogens is 1. The minimum atomic E-state index is -0.675. The summed E-state index contributed by atoms with van der Waals surface area (Å²) in [4.78, 5) is 23.5. The number of halogens is 1. The molecule has 1 aromatic carbocycles. The van der Waals surface area contributed by atoms with E-state index in [1.807, 2.05) is 35.7 Å². The Kier molecular flexibility index (Phi) is 8.75. The van der Waals surface area contributed by atoms with Crippen molar-refractivity contribution in [1.82, 2.24) is 14.9 Å². The Hall–Kier alpha value is -2.49. The highest BCUT2D eigenvalue weighted by Gasteiger charge is 2.17. The van der Waals surface area contributed by atoms with Crippen LogP contribution >= 0.6 is 22.9 Å². The molecule has 0 amide bonds. The van der Waals surface area contributed by atoms with E-state index in [0.29, 0.717) is 46.7 Å². The summed E-state index contributed by atoms with van der Waals surface area (Å²) in [6.45, 7) is 6.45. The number of aromatic amines is 1. The van der Waals surface area contributed by atoms with Gasteiger partial charge in [0.2, 0.25) is 0 Å². The predicted octanol–water partition coefficient (Wildman–Crippen LogP) is 5.32. The van der Waals surface area contributed by atoms with E-state index < -0.39 is 6.10 Å². The Morgan fingerprint density at radius 1 is 1.26 bits per heavy atom. The van der Waals surface area contributed by atoms with Gasteiger partial charge in [-0.05, 0) is 48.7 Å². The number of thiophene rings is 1. The summed E-state index contributed by atoms with van der Waals surface area (Å²) in [6, 6.07) is 11.1. The molecule has 186 valence electrons. The van der Waals surface area contributed by atoms with Gasteiger partial charge in [0, 0.05) is 22.5 Å². The largest absolute Gasteiger partial charge is 0.467 e. The van der Waals surface area contributed by atoms with Crippen LogP contribution in [0.15, 0.2) is 57.3 Å². The molecule has 0 bridgehead atoms. The molecule has 0 radical (unpaired) electrons. The van der Waals surface area contributed by atoms with Crippen molar-refractivity contribution in [2.24, 2.45) is 5.92 Å². The average Bonchev–Trinajstić information content (AvgIpc) is 3.48. The van der Waals surface area contributed by atoms with Gasteiger partial charge in [0.05, 0.1) is 30.9 Å². The number of nitrogens with zero attached hydrogens (tertiary/aromatic N) is 2. The Morgan fingerprint density at radius 3 is 2.77 bits per heavy atom. The van der Waals surface area contributed by atoms with Gasteiger partial charge in [-0.3, -0.25) is 9.69 Å². The molecule has 0 aliphatic heterocycles. The van der Waals surface area contributed by atoms with Crippen LogP contribution in [0.4, 0.5) is 0 Å². The third-order valence-corrected chi connectivity index (χ3v) is 6.77. The molecule has 3 aromatic heterocycles. The molecule has 1 atom stereocenters. The Balaban J connectivity index is 1.46. The summed E-state index contributed by atoms with van der Waals surface area (Å²) >= 11 is 7.46. The highest BCUT2D eigenvalue weighted by molar-refractivity contribution is 7.17. The van der Waals surface area contributed by atoms with E-state index in [1.54, 1.807) is 12.3 Å². The lowest BCUT2D eigenvalue weighted by Gasteiger charge is -2.25. The number of fused-ring (bicyclic) bond motifs is 1. The standard InChI is InChI=1S/C26H30ClN3O4S/c1-17(2)9-10-30(12-20(31)14-33-15-21-4-3-11-34-21)13-23-28-25(32)24-22(16-35-26(24)29-23)18-5-7-19(27)8-6-18/h3-8,11,16-17,20,31H,9-10,12-15H2,1-2H3,(H,28,29,32). The van der Waals surface area contributed by atoms with Gasteiger partial charge in [-0.15, -0.1) is 11.3 Å². The topological polar surface area (TPSA) is 91.6 Å². The molecule has 4 aromatic rings. The van der Waals surface area contributed by atoms with Crippen molar-refractivity contribution in [2.45, 2.75) is 39.5 Å². The van der Waals surface area contributed by atoms with Gasteiger partial charge in [0.15, 0.2) is 0 Å². The second-order valence-electron chi connectivity index (χ2n) is 9.01. The molecule has 0 aliphatic rings. The molecule has 7 nitrogen and oxygen atoms in total. The third kappa shape index (κ3) is 7.02. The molecule has 0 fully saturated rings. The van der Waals surface area contributed by atoms with Crippen molar-refractivity contribution in [1.29, 1.82) is 0 Å². The number of benzene rings is 1. The number of furan rings is 1. The highest BCUT2D eigenvalue weighted by atomic mass is 35.5. The second-order valence-corrected chi connectivity index (χ2v) is 10.3. The van der Waals surface area contributed by atoms with Crippen LogP contribution in [0.25, 0.3) is 21.3 Å². The molecule has 0 spiro atoms. The number of aliphatic hydroxyl groups excluding tert-OH is 1. The maximum Gasteiger partial charge on any atom is 0.260 e. The van der Waals surface area contributed by atoms with Gasteiger partial charge < -0.3 is 19.2 Å². The van der Waals surface area contributed by atoms with E-state index in [1.165, 1.54) is 11.3 Å². The lowest BCUT2D eigenvalue weighted by Crippen LogP contribution is -2.36. The van der Waals surface area contributed by atoms with Crippen molar-refractivity contribution in [2.75, 3.05) is 19.7 Å². The summed E-state index contributed by atoms with van der Waals surface area (Å²) in [6.07, 6.45) is 1.89. The van der Waals surface area contributed by atoms with Crippen molar-refractivity contribution in [3.63, 3.8) is 0 Å². The molecule has 9 heteroatoms. The summed E-state index contributed by atoms with van der Waals surface area (Å²) in [5.41, 5.74) is 1.61. The number of rotatable bonds is 12. The van der Waals surface area contributed by atoms with Gasteiger partial charge in [0.25, 0.3) is 5.56 Å². The number of aromatic nitrogens is 2. The van der Waals surface area contributed by atoms with E-state index in [4.69, 9.17) is 25.7 Å². The minimum Gasteiger partial charge on any atom is -0.467 e. The summed E-state index contributed by atoms with van der Waals surface area (Å²) < 4.78 is 10.9. The van der Waals surface area contributed by atoms with Gasteiger partial charge in [-0.2, -0.15) is 0 Å². The minimum absolute atomic E-state index is 0.165. The number of hydrogen-bond acceptors (Lipinski definition) is 7. The van der Waals surface area contributed by atoms with Crippen LogP contribution in [0.2, 0.25) is 5.02 Å². The molecule has 0 saturated carbocycles. The number of nitrogens with one attached hydrogen (secondary N) is 1. The zero-order valence-corrected chi connectivity index (χ0v) is 21.4. The number of hydrogen-bond donors (Lipinski definition) is 2. The van der Waals surface area contributed by atoms with Gasteiger partial charge in [-0.1, -0.05) is 37.6 Å². The first kappa shape index (κ1) is 25.6. The van der Waals surface area contributed by atoms with Crippen LogP contribution in [-0.4, -0.2) is 45.8 Å². The first-order valence-electron chi connectivity index (χ1n) is 11.7. The zero-order valence-electron chi connectivity index (χ0n) is 19.9. The molecule has 0 saturated heterocycles. The predicted molar refractivity (Wildman–Crippen MR) is 140 cm³/mol. The van der Waals surface area contributed by atoms with E-state index in [0.717, 1.165) is 29.9 Å². The summed E-state index contributed by atoms with van der Waals surface area (Å²) in [7, 11) is 0. The smallest absolute Gasteiger partial charge is 0.260 e. The molecule has 0 aliphatic carbocycles. The fourth-order valence-corrected chi connectivity index (χ4v) is 4.93. The molecule has 35 heavy (non-hydrogen) atoms. The van der Waals surface area contributed by atoms with E-state index in [9.17, 15) is 9.90 Å². The van der Waals surface area contributed by atoms with Crippen molar-refractivity contribution in [3.8, 4) is 11.1 Å². The van der Waals surface area contributed by atoms with Gasteiger partial charge in [-0.25, -0.2) is 4.98 Å². The molecule has 2 N–H and O–H groups in total. The quantitative estimate of drug-likeness (QED) is 0.265. The monoisotopic (exact) mass is 515 g/mol. The van der Waals surface area contributed by atoms with Crippen LogP contribution in [0.1, 0.15) is 31.9 Å². The zero-order chi connectivity index (χ0) is 24.8. The van der Waals surface area contributed by atoms with Crippen LogP contribution in [0.3, 0.4) is 0 Å². The first-order chi connectivity index (χ1) is 16.9. The SMILES string of the molecule is CC(C)CCN(Cc1nc2scc(-c3ccc(Cl)cc3)c2c(=O)[nH]1)CC(O)COCc1ccco1. The maximum absolute atomic E-state index is 13.0. The Bertz CT molecular complexity index is 1270. The normalized spacial score (nSPS) is 12.7.